The molecule has 1 heterocycles. The zero-order valence-corrected chi connectivity index (χ0v) is 9.98. The van der Waals surface area contributed by atoms with Crippen LogP contribution in [0.5, 0.6) is 11.5 Å². The first kappa shape index (κ1) is 14.1. The summed E-state index contributed by atoms with van der Waals surface area (Å²) in [6.45, 7) is -1.39. The molecule has 0 amide bonds. The number of aromatic hydroxyl groups is 2. The molecule has 108 valence electrons. The second-order valence-electron chi connectivity index (χ2n) is 3.93. The molecular weight excluding hydrogens is 279 g/mol. The average molecular weight is 289 g/mol. The molecule has 0 aliphatic rings. The predicted octanol–water partition coefficient (Wildman–Crippen LogP) is 1.80. The van der Waals surface area contributed by atoms with Gasteiger partial charge in [0.15, 0.2) is 11.5 Å². The van der Waals surface area contributed by atoms with E-state index >= 15 is 0 Å². The molecule has 0 unspecified atom stereocenters. The topological polar surface area (TPSA) is 91.4 Å². The smallest absolute Gasteiger partial charge is 0.401 e. The summed E-state index contributed by atoms with van der Waals surface area (Å²) in [4.78, 5) is 3.87. The number of alkyl halides is 3. The van der Waals surface area contributed by atoms with Crippen LogP contribution in [-0.4, -0.2) is 33.1 Å². The number of benzene rings is 1. The number of hydrogen-bond donors (Lipinski definition) is 3. The highest BCUT2D eigenvalue weighted by Crippen LogP contribution is 2.29. The van der Waals surface area contributed by atoms with Gasteiger partial charge >= 0.3 is 6.18 Å². The number of aromatic nitrogens is 2. The maximum Gasteiger partial charge on any atom is 0.401 e. The largest absolute Gasteiger partial charge is 0.504 e. The highest BCUT2D eigenvalue weighted by Gasteiger charge is 2.26. The molecule has 0 bridgehead atoms. The Morgan fingerprint density at radius 3 is 2.60 bits per heavy atom. The fourth-order valence-corrected chi connectivity index (χ4v) is 1.42. The summed E-state index contributed by atoms with van der Waals surface area (Å²) in [5, 5.41) is 24.2. The molecule has 0 saturated carbocycles. The Kier molecular flexibility index (Phi) is 3.79. The Bertz CT molecular complexity index is 598. The first-order chi connectivity index (χ1) is 9.35. The molecule has 0 atom stereocenters. The number of nitrogens with one attached hydrogen (secondary N) is 1. The Morgan fingerprint density at radius 2 is 1.95 bits per heavy atom. The minimum atomic E-state index is -4.31. The van der Waals surface area contributed by atoms with Crippen molar-refractivity contribution in [1.82, 2.24) is 15.5 Å². The quantitative estimate of drug-likeness (QED) is 0.743. The van der Waals surface area contributed by atoms with E-state index in [9.17, 15) is 18.3 Å². The van der Waals surface area contributed by atoms with E-state index in [1.165, 1.54) is 18.2 Å². The van der Waals surface area contributed by atoms with Gasteiger partial charge in [-0.3, -0.25) is 0 Å². The zero-order chi connectivity index (χ0) is 14.8. The first-order valence-electron chi connectivity index (χ1n) is 5.47. The fraction of sp³-hybridized carbons (Fsp3) is 0.273. The second-order valence-corrected chi connectivity index (χ2v) is 3.93. The number of hydrogen-bond acceptors (Lipinski definition) is 6. The zero-order valence-electron chi connectivity index (χ0n) is 9.98. The third-order valence-electron chi connectivity index (χ3n) is 2.30. The third kappa shape index (κ3) is 3.60. The van der Waals surface area contributed by atoms with Gasteiger partial charge < -0.3 is 20.1 Å². The Hall–Kier alpha value is -2.29. The van der Waals surface area contributed by atoms with Gasteiger partial charge in [-0.15, -0.1) is 0 Å². The highest BCUT2D eigenvalue weighted by molar-refractivity contribution is 5.59. The molecule has 0 saturated heterocycles. The van der Waals surface area contributed by atoms with E-state index in [2.05, 4.69) is 15.5 Å². The van der Waals surface area contributed by atoms with Gasteiger partial charge in [0.1, 0.15) is 0 Å². The van der Waals surface area contributed by atoms with Crippen LogP contribution in [0.1, 0.15) is 5.89 Å². The molecule has 0 radical (unpaired) electrons. The minimum Gasteiger partial charge on any atom is -0.504 e. The van der Waals surface area contributed by atoms with Crippen molar-refractivity contribution in [3.05, 3.63) is 24.1 Å². The standard InChI is InChI=1S/C11H10F3N3O3/c12-11(13,14)5-15-4-9-16-10(17-20-9)6-1-2-7(18)8(19)3-6/h1-3,15,18-19H,4-5H2. The molecule has 0 aliphatic carbocycles. The van der Waals surface area contributed by atoms with E-state index < -0.39 is 12.7 Å². The van der Waals surface area contributed by atoms with Crippen LogP contribution in [0.15, 0.2) is 22.7 Å². The van der Waals surface area contributed by atoms with Crippen molar-refractivity contribution in [3.8, 4) is 22.9 Å². The van der Waals surface area contributed by atoms with E-state index in [-0.39, 0.29) is 29.8 Å². The molecule has 1 aromatic carbocycles. The summed E-state index contributed by atoms with van der Waals surface area (Å²) in [5.74, 6) is -0.575. The van der Waals surface area contributed by atoms with Gasteiger partial charge in [-0.1, -0.05) is 5.16 Å². The number of rotatable bonds is 4. The summed E-state index contributed by atoms with van der Waals surface area (Å²) >= 11 is 0. The van der Waals surface area contributed by atoms with Gasteiger partial charge in [-0.2, -0.15) is 18.2 Å². The first-order valence-corrected chi connectivity index (χ1v) is 5.47. The lowest BCUT2D eigenvalue weighted by Gasteiger charge is -2.05. The van der Waals surface area contributed by atoms with Crippen molar-refractivity contribution in [3.63, 3.8) is 0 Å². The van der Waals surface area contributed by atoms with E-state index in [4.69, 9.17) is 9.63 Å². The normalized spacial score (nSPS) is 11.8. The van der Waals surface area contributed by atoms with Crippen LogP contribution in [-0.2, 0) is 6.54 Å². The van der Waals surface area contributed by atoms with Crippen LogP contribution in [0, 0.1) is 0 Å². The van der Waals surface area contributed by atoms with E-state index in [0.717, 1.165) is 0 Å². The minimum absolute atomic E-state index is 0.0168. The van der Waals surface area contributed by atoms with Gasteiger partial charge in [0, 0.05) is 5.56 Å². The molecule has 0 aliphatic heterocycles. The van der Waals surface area contributed by atoms with Crippen molar-refractivity contribution < 1.29 is 27.9 Å². The Morgan fingerprint density at radius 1 is 1.20 bits per heavy atom. The van der Waals surface area contributed by atoms with E-state index in [1.54, 1.807) is 0 Å². The van der Waals surface area contributed by atoms with Crippen molar-refractivity contribution in [2.45, 2.75) is 12.7 Å². The van der Waals surface area contributed by atoms with Crippen molar-refractivity contribution in [1.29, 1.82) is 0 Å². The van der Waals surface area contributed by atoms with Crippen LogP contribution < -0.4 is 5.32 Å². The van der Waals surface area contributed by atoms with Gasteiger partial charge in [0.05, 0.1) is 13.1 Å². The van der Waals surface area contributed by atoms with Gasteiger partial charge in [0.25, 0.3) is 0 Å². The van der Waals surface area contributed by atoms with Crippen LogP contribution in [0.3, 0.4) is 0 Å². The van der Waals surface area contributed by atoms with Crippen LogP contribution >= 0.6 is 0 Å². The number of phenolic OH excluding ortho intramolecular Hbond substituents is 2. The second kappa shape index (κ2) is 5.37. The molecule has 6 nitrogen and oxygen atoms in total. The summed E-state index contributed by atoms with van der Waals surface area (Å²) in [7, 11) is 0. The lowest BCUT2D eigenvalue weighted by atomic mass is 10.2. The van der Waals surface area contributed by atoms with Crippen molar-refractivity contribution in [2.75, 3.05) is 6.54 Å². The summed E-state index contributed by atoms with van der Waals surface area (Å²) in [6, 6.07) is 3.89. The molecule has 20 heavy (non-hydrogen) atoms. The Balaban J connectivity index is 2.03. The molecule has 1 aromatic heterocycles. The summed E-state index contributed by atoms with van der Waals surface area (Å²) in [6.07, 6.45) is -4.31. The monoisotopic (exact) mass is 289 g/mol. The molecule has 0 spiro atoms. The van der Waals surface area contributed by atoms with Crippen LogP contribution in [0.25, 0.3) is 11.4 Å². The summed E-state index contributed by atoms with van der Waals surface area (Å²) < 4.78 is 40.6. The van der Waals surface area contributed by atoms with Crippen molar-refractivity contribution in [2.24, 2.45) is 0 Å². The fourth-order valence-electron chi connectivity index (χ4n) is 1.42. The maximum atomic E-state index is 11.9. The van der Waals surface area contributed by atoms with Crippen LogP contribution in [0.4, 0.5) is 13.2 Å². The summed E-state index contributed by atoms with van der Waals surface area (Å²) in [5.41, 5.74) is 0.367. The molecule has 9 heteroatoms. The third-order valence-corrected chi connectivity index (χ3v) is 2.30. The highest BCUT2D eigenvalue weighted by atomic mass is 19.4. The number of halogens is 3. The van der Waals surface area contributed by atoms with Crippen LogP contribution in [0.2, 0.25) is 0 Å². The number of nitrogens with zero attached hydrogens (tertiary/aromatic N) is 2. The van der Waals surface area contributed by atoms with Gasteiger partial charge in [-0.05, 0) is 18.2 Å². The Labute approximate surface area is 110 Å². The molecule has 0 fully saturated rings. The lowest BCUT2D eigenvalue weighted by Crippen LogP contribution is -2.28. The SMILES string of the molecule is Oc1ccc(-c2noc(CNCC(F)(F)F)n2)cc1O. The lowest BCUT2D eigenvalue weighted by molar-refractivity contribution is -0.125. The molecule has 3 N–H and O–H groups in total. The van der Waals surface area contributed by atoms with E-state index in [0.29, 0.717) is 5.56 Å². The molecular formula is C11H10F3N3O3. The average Bonchev–Trinajstić information content (AvgIpc) is 2.80. The molecule has 2 rings (SSSR count). The van der Waals surface area contributed by atoms with Gasteiger partial charge in [-0.25, -0.2) is 0 Å². The maximum absolute atomic E-state index is 11.9. The predicted molar refractivity (Wildman–Crippen MR) is 60.8 cm³/mol. The number of phenols is 2. The van der Waals surface area contributed by atoms with Gasteiger partial charge in [0.2, 0.25) is 11.7 Å². The van der Waals surface area contributed by atoms with E-state index in [1.807, 2.05) is 0 Å². The van der Waals surface area contributed by atoms with Crippen molar-refractivity contribution >= 4 is 0 Å². The molecule has 2 aromatic rings.